The lowest BCUT2D eigenvalue weighted by molar-refractivity contribution is -0.271. The molecule has 2 N–H and O–H groups in total. The predicted octanol–water partition coefficient (Wildman–Crippen LogP) is 3.30. The van der Waals surface area contributed by atoms with Gasteiger partial charge in [0.05, 0.1) is 0 Å². The van der Waals surface area contributed by atoms with Gasteiger partial charge in [-0.1, -0.05) is 20.8 Å². The van der Waals surface area contributed by atoms with E-state index in [1.54, 1.807) is 0 Å². The Bertz CT molecular complexity index is 526. The second kappa shape index (κ2) is 5.26. The Kier molecular flexibility index (Phi) is 3.91. The van der Waals surface area contributed by atoms with Crippen LogP contribution < -0.4 is 5.32 Å². The Morgan fingerprint density at radius 3 is 2.17 bits per heavy atom. The van der Waals surface area contributed by atoms with E-state index in [0.717, 1.165) is 12.8 Å². The van der Waals surface area contributed by atoms with E-state index in [-0.39, 0.29) is 36.0 Å². The van der Waals surface area contributed by atoms with Crippen molar-refractivity contribution >= 4 is 6.03 Å². The predicted molar refractivity (Wildman–Crippen MR) is 83.4 cm³/mol. The molecule has 2 saturated carbocycles. The van der Waals surface area contributed by atoms with Gasteiger partial charge in [0.1, 0.15) is 0 Å². The van der Waals surface area contributed by atoms with Gasteiger partial charge in [0.15, 0.2) is 5.60 Å². The van der Waals surface area contributed by atoms with E-state index in [0.29, 0.717) is 5.92 Å². The standard InChI is InChI=1S/C17H27F3N2O2/c1-14(2)11-4-5-15(14,3)12(10-11)21-13(23)22-8-6-16(24,7-9-22)17(18,19)20/h11-12,24H,4-10H2,1-3H3,(H,21,23). The quantitative estimate of drug-likeness (QED) is 0.764. The molecule has 0 spiro atoms. The molecule has 1 saturated heterocycles. The van der Waals surface area contributed by atoms with Gasteiger partial charge >= 0.3 is 12.2 Å². The van der Waals surface area contributed by atoms with Crippen molar-refractivity contribution in [3.63, 3.8) is 0 Å². The van der Waals surface area contributed by atoms with Crippen LogP contribution in [-0.2, 0) is 0 Å². The van der Waals surface area contributed by atoms with Crippen LogP contribution in [0.25, 0.3) is 0 Å². The molecule has 2 bridgehead atoms. The molecule has 0 aromatic heterocycles. The molecule has 3 rings (SSSR count). The van der Waals surface area contributed by atoms with Crippen molar-refractivity contribution in [1.29, 1.82) is 0 Å². The first-order valence-electron chi connectivity index (χ1n) is 8.75. The molecule has 0 radical (unpaired) electrons. The summed E-state index contributed by atoms with van der Waals surface area (Å²) in [6.45, 7) is 6.57. The van der Waals surface area contributed by atoms with Gasteiger partial charge in [0.25, 0.3) is 0 Å². The normalized spacial score (nSPS) is 37.5. The molecule has 2 aliphatic carbocycles. The van der Waals surface area contributed by atoms with Crippen LogP contribution in [0.2, 0.25) is 0 Å². The number of urea groups is 1. The first kappa shape index (κ1) is 17.8. The van der Waals surface area contributed by atoms with Crippen LogP contribution in [0.4, 0.5) is 18.0 Å². The molecule has 1 aliphatic heterocycles. The third-order valence-electron chi connectivity index (χ3n) is 7.50. The molecular weight excluding hydrogens is 321 g/mol. The molecule has 3 atom stereocenters. The van der Waals surface area contributed by atoms with Crippen LogP contribution in [0.1, 0.15) is 52.9 Å². The van der Waals surface area contributed by atoms with Crippen molar-refractivity contribution in [2.45, 2.75) is 70.7 Å². The lowest BCUT2D eigenvalue weighted by atomic mass is 9.69. The number of fused-ring (bicyclic) bond motifs is 2. The van der Waals surface area contributed by atoms with E-state index in [4.69, 9.17) is 0 Å². The number of alkyl halides is 3. The number of hydrogen-bond acceptors (Lipinski definition) is 2. The fraction of sp³-hybridized carbons (Fsp3) is 0.941. The molecule has 0 aromatic rings. The van der Waals surface area contributed by atoms with Gasteiger partial charge in [-0.15, -0.1) is 0 Å². The number of hydrogen-bond donors (Lipinski definition) is 2. The third kappa shape index (κ3) is 2.42. The fourth-order valence-electron chi connectivity index (χ4n) is 5.03. The van der Waals surface area contributed by atoms with E-state index in [2.05, 4.69) is 26.1 Å². The number of carbonyl (C=O) groups excluding carboxylic acids is 1. The summed E-state index contributed by atoms with van der Waals surface area (Å²) in [6.07, 6.45) is -2.37. The minimum atomic E-state index is -4.64. The zero-order valence-corrected chi connectivity index (χ0v) is 14.5. The summed E-state index contributed by atoms with van der Waals surface area (Å²) in [5.41, 5.74) is -2.45. The average Bonchev–Trinajstić information content (AvgIpc) is 2.80. The highest BCUT2D eigenvalue weighted by atomic mass is 19.4. The lowest BCUT2D eigenvalue weighted by Gasteiger charge is -2.42. The van der Waals surface area contributed by atoms with Gasteiger partial charge in [0.2, 0.25) is 0 Å². The summed E-state index contributed by atoms with van der Waals surface area (Å²) in [6, 6.07) is -0.226. The largest absolute Gasteiger partial charge is 0.417 e. The minimum Gasteiger partial charge on any atom is -0.380 e. The zero-order chi connectivity index (χ0) is 18.0. The van der Waals surface area contributed by atoms with Gasteiger partial charge in [-0.25, -0.2) is 4.79 Å². The Labute approximate surface area is 140 Å². The molecule has 4 nitrogen and oxygen atoms in total. The van der Waals surface area contributed by atoms with Gasteiger partial charge in [-0.3, -0.25) is 0 Å². The Morgan fingerprint density at radius 1 is 1.17 bits per heavy atom. The first-order chi connectivity index (χ1) is 10.9. The second-order valence-corrected chi connectivity index (χ2v) is 8.63. The lowest BCUT2D eigenvalue weighted by Crippen LogP contribution is -2.58. The number of likely N-dealkylation sites (tertiary alicyclic amines) is 1. The molecule has 7 heteroatoms. The number of rotatable bonds is 1. The number of nitrogens with one attached hydrogen (secondary N) is 1. The van der Waals surface area contributed by atoms with E-state index >= 15 is 0 Å². The first-order valence-corrected chi connectivity index (χ1v) is 8.75. The fourth-order valence-corrected chi connectivity index (χ4v) is 5.03. The topological polar surface area (TPSA) is 52.6 Å². The number of halogens is 3. The van der Waals surface area contributed by atoms with Crippen molar-refractivity contribution in [3.8, 4) is 0 Å². The Hall–Kier alpha value is -0.980. The number of piperidine rings is 1. The van der Waals surface area contributed by atoms with Gasteiger partial charge < -0.3 is 15.3 Å². The summed E-state index contributed by atoms with van der Waals surface area (Å²) in [5.74, 6) is 0.587. The van der Waals surface area contributed by atoms with Crippen LogP contribution in [0.3, 0.4) is 0 Å². The maximum Gasteiger partial charge on any atom is 0.417 e. The highest BCUT2D eigenvalue weighted by Gasteiger charge is 2.62. The van der Waals surface area contributed by atoms with Crippen molar-refractivity contribution < 1.29 is 23.1 Å². The smallest absolute Gasteiger partial charge is 0.380 e. The molecular formula is C17H27F3N2O2. The van der Waals surface area contributed by atoms with Crippen LogP contribution in [0.15, 0.2) is 0 Å². The summed E-state index contributed by atoms with van der Waals surface area (Å²) >= 11 is 0. The van der Waals surface area contributed by atoms with Crippen LogP contribution in [0, 0.1) is 16.7 Å². The van der Waals surface area contributed by atoms with Gasteiger partial charge in [0, 0.05) is 32.0 Å². The highest BCUT2D eigenvalue weighted by molar-refractivity contribution is 5.75. The molecule has 2 amide bonds. The molecule has 138 valence electrons. The molecule has 0 aromatic carbocycles. The van der Waals surface area contributed by atoms with E-state index in [9.17, 15) is 23.1 Å². The third-order valence-corrected chi connectivity index (χ3v) is 7.50. The molecule has 24 heavy (non-hydrogen) atoms. The average molecular weight is 348 g/mol. The Balaban J connectivity index is 1.60. The SMILES string of the molecule is CC1(C)C2CCC1(C)C(NC(=O)N1CCC(O)(C(F)(F)F)CC1)C2. The monoisotopic (exact) mass is 348 g/mol. The molecule has 3 fully saturated rings. The van der Waals surface area contributed by atoms with Crippen LogP contribution in [-0.4, -0.2) is 46.9 Å². The highest BCUT2D eigenvalue weighted by Crippen LogP contribution is 2.65. The maximum absolute atomic E-state index is 12.8. The van der Waals surface area contributed by atoms with E-state index < -0.39 is 24.6 Å². The summed E-state index contributed by atoms with van der Waals surface area (Å²) in [7, 11) is 0. The minimum absolute atomic E-state index is 0.0375. The summed E-state index contributed by atoms with van der Waals surface area (Å²) < 4.78 is 38.5. The van der Waals surface area contributed by atoms with Crippen molar-refractivity contribution in [3.05, 3.63) is 0 Å². The summed E-state index contributed by atoms with van der Waals surface area (Å²) in [5, 5.41) is 12.8. The van der Waals surface area contributed by atoms with Crippen molar-refractivity contribution in [1.82, 2.24) is 10.2 Å². The number of nitrogens with zero attached hydrogens (tertiary/aromatic N) is 1. The van der Waals surface area contributed by atoms with Gasteiger partial charge in [-0.2, -0.15) is 13.2 Å². The van der Waals surface area contributed by atoms with Crippen LogP contribution >= 0.6 is 0 Å². The van der Waals surface area contributed by atoms with Gasteiger partial charge in [-0.05, 0) is 36.0 Å². The van der Waals surface area contributed by atoms with Crippen LogP contribution in [0.5, 0.6) is 0 Å². The van der Waals surface area contributed by atoms with Crippen molar-refractivity contribution in [2.75, 3.05) is 13.1 Å². The zero-order valence-electron chi connectivity index (χ0n) is 14.5. The summed E-state index contributed by atoms with van der Waals surface area (Å²) in [4.78, 5) is 13.9. The number of carbonyl (C=O) groups is 1. The van der Waals surface area contributed by atoms with E-state index in [1.165, 1.54) is 11.3 Å². The number of aliphatic hydroxyl groups is 1. The van der Waals surface area contributed by atoms with E-state index in [1.807, 2.05) is 0 Å². The van der Waals surface area contributed by atoms with Crippen molar-refractivity contribution in [2.24, 2.45) is 16.7 Å². The maximum atomic E-state index is 12.8. The molecule has 3 aliphatic rings. The second-order valence-electron chi connectivity index (χ2n) is 8.63. The molecule has 1 heterocycles. The Morgan fingerprint density at radius 2 is 1.75 bits per heavy atom. The number of amides is 2. The molecule has 3 unspecified atom stereocenters.